The Kier molecular flexibility index (Phi) is 6.31. The van der Waals surface area contributed by atoms with E-state index in [9.17, 15) is 9.59 Å². The van der Waals surface area contributed by atoms with E-state index in [0.29, 0.717) is 22.4 Å². The van der Waals surface area contributed by atoms with Crippen LogP contribution in [0.2, 0.25) is 0 Å². The van der Waals surface area contributed by atoms with Crippen LogP contribution < -0.4 is 5.32 Å². The summed E-state index contributed by atoms with van der Waals surface area (Å²) in [5, 5.41) is 3.94. The van der Waals surface area contributed by atoms with E-state index in [4.69, 9.17) is 4.74 Å². The number of thioether (sulfide) groups is 1. The predicted octanol–water partition coefficient (Wildman–Crippen LogP) is 4.95. The Hall–Kier alpha value is -1.65. The Labute approximate surface area is 177 Å². The van der Waals surface area contributed by atoms with Gasteiger partial charge in [0.1, 0.15) is 5.60 Å². The van der Waals surface area contributed by atoms with Gasteiger partial charge in [-0.15, -0.1) is 11.3 Å². The third kappa shape index (κ3) is 4.84. The molecule has 2 aromatic rings. The van der Waals surface area contributed by atoms with Gasteiger partial charge >= 0.3 is 6.09 Å². The summed E-state index contributed by atoms with van der Waals surface area (Å²) in [6, 6.07) is 1.84. The van der Waals surface area contributed by atoms with Crippen LogP contribution in [-0.4, -0.2) is 44.7 Å². The first-order chi connectivity index (χ1) is 13.2. The molecule has 0 aromatic carbocycles. The van der Waals surface area contributed by atoms with Crippen LogP contribution in [-0.2, 0) is 4.74 Å². The lowest BCUT2D eigenvalue weighted by atomic mass is 10.1. The highest BCUT2D eigenvalue weighted by Crippen LogP contribution is 2.38. The minimum Gasteiger partial charge on any atom is -0.444 e. The van der Waals surface area contributed by atoms with Crippen molar-refractivity contribution in [3.05, 3.63) is 21.4 Å². The lowest BCUT2D eigenvalue weighted by Crippen LogP contribution is -2.36. The summed E-state index contributed by atoms with van der Waals surface area (Å²) in [7, 11) is 0. The monoisotopic (exact) mass is 440 g/mol. The number of likely N-dealkylation sites (tertiary alicyclic amines) is 1. The number of amides is 2. The van der Waals surface area contributed by atoms with E-state index >= 15 is 0 Å². The molecule has 0 spiro atoms. The van der Waals surface area contributed by atoms with E-state index in [-0.39, 0.29) is 18.0 Å². The molecule has 2 amide bonds. The quantitative estimate of drug-likeness (QED) is 0.677. The molecular weight excluding hydrogens is 416 g/mol. The van der Waals surface area contributed by atoms with Crippen molar-refractivity contribution in [3.8, 4) is 0 Å². The minimum absolute atomic E-state index is 0.0512. The highest BCUT2D eigenvalue weighted by Gasteiger charge is 2.34. The molecule has 1 saturated heterocycles. The number of aromatic nitrogens is 2. The zero-order valence-electron chi connectivity index (χ0n) is 16.6. The minimum atomic E-state index is -0.530. The molecule has 152 valence electrons. The van der Waals surface area contributed by atoms with E-state index < -0.39 is 5.60 Å². The average Bonchev–Trinajstić information content (AvgIpc) is 3.31. The molecule has 28 heavy (non-hydrogen) atoms. The molecule has 10 heteroatoms. The number of hydrogen-bond acceptors (Lipinski definition) is 8. The second-order valence-corrected chi connectivity index (χ2v) is 10.3. The maximum absolute atomic E-state index is 12.7. The molecule has 1 atom stereocenters. The van der Waals surface area contributed by atoms with Gasteiger partial charge in [-0.2, -0.15) is 9.36 Å². The van der Waals surface area contributed by atoms with Crippen LogP contribution in [0.4, 0.5) is 9.93 Å². The first-order valence-electron chi connectivity index (χ1n) is 8.97. The van der Waals surface area contributed by atoms with Crippen LogP contribution in [0.15, 0.2) is 11.2 Å². The molecule has 2 aromatic heterocycles. The van der Waals surface area contributed by atoms with Gasteiger partial charge in [-0.1, -0.05) is 11.8 Å². The Bertz CT molecular complexity index is 872. The number of ether oxygens (including phenoxy) is 1. The number of aryl methyl sites for hydroxylation is 1. The lowest BCUT2D eigenvalue weighted by Gasteiger charge is -2.28. The van der Waals surface area contributed by atoms with Gasteiger partial charge in [-0.05, 0) is 52.9 Å². The number of hydrogen-bond donors (Lipinski definition) is 1. The number of nitrogens with one attached hydrogen (secondary N) is 1. The summed E-state index contributed by atoms with van der Waals surface area (Å²) in [6.45, 7) is 8.18. The summed E-state index contributed by atoms with van der Waals surface area (Å²) in [4.78, 5) is 33.2. The van der Waals surface area contributed by atoms with Gasteiger partial charge < -0.3 is 9.64 Å². The Morgan fingerprint density at radius 3 is 2.79 bits per heavy atom. The zero-order valence-corrected chi connectivity index (χ0v) is 19.0. The summed E-state index contributed by atoms with van der Waals surface area (Å²) in [6.07, 6.45) is 3.38. The summed E-state index contributed by atoms with van der Waals surface area (Å²) in [5.74, 6) is -0.203. The number of rotatable bonds is 4. The van der Waals surface area contributed by atoms with Gasteiger partial charge in [0.15, 0.2) is 0 Å². The first-order valence-corrected chi connectivity index (χ1v) is 11.8. The Morgan fingerprint density at radius 1 is 1.39 bits per heavy atom. The maximum atomic E-state index is 12.7. The van der Waals surface area contributed by atoms with Gasteiger partial charge in [0.2, 0.25) is 10.3 Å². The lowest BCUT2D eigenvalue weighted by molar-refractivity contribution is 0.0227. The fraction of sp³-hybridized carbons (Fsp3) is 0.556. The summed E-state index contributed by atoms with van der Waals surface area (Å²) >= 11 is 4.15. The normalized spacial score (nSPS) is 17.0. The van der Waals surface area contributed by atoms with Crippen molar-refractivity contribution in [2.75, 3.05) is 18.1 Å². The number of thiophene rings is 1. The number of carbonyl (C=O) groups is 2. The summed E-state index contributed by atoms with van der Waals surface area (Å²) < 4.78 is 9.70. The predicted molar refractivity (Wildman–Crippen MR) is 114 cm³/mol. The molecule has 0 bridgehead atoms. The topological polar surface area (TPSA) is 84.4 Å². The van der Waals surface area contributed by atoms with Crippen LogP contribution in [0.3, 0.4) is 0 Å². The fourth-order valence-electron chi connectivity index (χ4n) is 3.00. The standard InChI is InChI=1S/C18H24N4O3S3/c1-10-11(14(23)19-15-20-16(26-5)21-28-15)9-13(27-10)12-7-6-8-22(12)17(24)25-18(2,3)4/h9,12H,6-8H2,1-5H3,(H,19,20,21,23). The van der Waals surface area contributed by atoms with Crippen LogP contribution in [0, 0.1) is 6.92 Å². The molecule has 0 radical (unpaired) electrons. The van der Waals surface area contributed by atoms with Crippen molar-refractivity contribution >= 4 is 51.8 Å². The smallest absolute Gasteiger partial charge is 0.410 e. The van der Waals surface area contributed by atoms with Crippen LogP contribution >= 0.6 is 34.6 Å². The largest absolute Gasteiger partial charge is 0.444 e. The Morgan fingerprint density at radius 2 is 2.14 bits per heavy atom. The molecule has 0 saturated carbocycles. The van der Waals surface area contributed by atoms with Crippen molar-refractivity contribution < 1.29 is 14.3 Å². The SMILES string of the molecule is CSc1nsc(NC(=O)c2cc(C3CCCN3C(=O)OC(C)(C)C)sc2C)n1. The second kappa shape index (κ2) is 8.38. The van der Waals surface area contributed by atoms with E-state index in [1.807, 2.05) is 40.0 Å². The van der Waals surface area contributed by atoms with Crippen molar-refractivity contribution in [1.82, 2.24) is 14.3 Å². The van der Waals surface area contributed by atoms with Gasteiger partial charge in [0.05, 0.1) is 11.6 Å². The average molecular weight is 441 g/mol. The highest BCUT2D eigenvalue weighted by atomic mass is 32.2. The molecule has 3 rings (SSSR count). The van der Waals surface area contributed by atoms with Gasteiger partial charge in [0, 0.05) is 27.8 Å². The molecule has 1 aliphatic rings. The van der Waals surface area contributed by atoms with Crippen molar-refractivity contribution in [3.63, 3.8) is 0 Å². The number of carbonyl (C=O) groups excluding carboxylic acids is 2. The molecule has 7 nitrogen and oxygen atoms in total. The maximum Gasteiger partial charge on any atom is 0.410 e. The van der Waals surface area contributed by atoms with E-state index in [2.05, 4.69) is 14.7 Å². The molecule has 1 fully saturated rings. The van der Waals surface area contributed by atoms with E-state index in [1.54, 1.807) is 16.2 Å². The third-order valence-electron chi connectivity index (χ3n) is 4.20. The molecule has 3 heterocycles. The highest BCUT2D eigenvalue weighted by molar-refractivity contribution is 7.98. The molecule has 1 aliphatic heterocycles. The Balaban J connectivity index is 1.75. The van der Waals surface area contributed by atoms with Crippen molar-refractivity contribution in [2.45, 2.75) is 57.3 Å². The first kappa shape index (κ1) is 21.1. The molecule has 1 unspecified atom stereocenters. The van der Waals surface area contributed by atoms with Crippen molar-refractivity contribution in [2.24, 2.45) is 0 Å². The molecular formula is C18H24N4O3S3. The number of nitrogens with zero attached hydrogens (tertiary/aromatic N) is 3. The van der Waals surface area contributed by atoms with Crippen LogP contribution in [0.25, 0.3) is 0 Å². The molecule has 0 aliphatic carbocycles. The second-order valence-electron chi connectivity index (χ2n) is 7.49. The van der Waals surface area contributed by atoms with E-state index in [0.717, 1.165) is 34.1 Å². The van der Waals surface area contributed by atoms with Gasteiger partial charge in [0.25, 0.3) is 5.91 Å². The third-order valence-corrected chi connectivity index (χ3v) is 6.65. The van der Waals surface area contributed by atoms with Crippen LogP contribution in [0.1, 0.15) is 59.8 Å². The molecule has 1 N–H and O–H groups in total. The van der Waals surface area contributed by atoms with Crippen molar-refractivity contribution in [1.29, 1.82) is 0 Å². The van der Waals surface area contributed by atoms with E-state index in [1.165, 1.54) is 11.8 Å². The fourth-order valence-corrected chi connectivity index (χ4v) is 5.30. The zero-order chi connectivity index (χ0) is 20.5. The summed E-state index contributed by atoms with van der Waals surface area (Å²) in [5.41, 5.74) is 0.0785. The van der Waals surface area contributed by atoms with Gasteiger partial charge in [-0.3, -0.25) is 10.1 Å². The number of anilines is 1. The van der Waals surface area contributed by atoms with Crippen LogP contribution in [0.5, 0.6) is 0 Å². The van der Waals surface area contributed by atoms with Gasteiger partial charge in [-0.25, -0.2) is 4.79 Å².